The topological polar surface area (TPSA) is 54.5 Å². The summed E-state index contributed by atoms with van der Waals surface area (Å²) in [4.78, 5) is 9.82. The van der Waals surface area contributed by atoms with Crippen LogP contribution in [0.15, 0.2) is 24.3 Å². The van der Waals surface area contributed by atoms with Crippen molar-refractivity contribution in [2.45, 2.75) is 19.3 Å². The number of rotatable bonds is 0. The molecule has 3 N–H and O–H groups in total. The lowest BCUT2D eigenvalue weighted by Crippen LogP contribution is -2.38. The Kier molecular flexibility index (Phi) is 7.99. The summed E-state index contributed by atoms with van der Waals surface area (Å²) in [5.41, 5.74) is 0.366. The van der Waals surface area contributed by atoms with E-state index in [1.807, 2.05) is 0 Å². The normalized spacial score (nSPS) is 25.9. The SMILES string of the molecule is C1=CCNC1.C1=CCNCC1.C1CC2(CCN1)COOC2. The Morgan fingerprint density at radius 2 is 1.29 bits per heavy atom. The Morgan fingerprint density at radius 1 is 0.667 bits per heavy atom. The van der Waals surface area contributed by atoms with Crippen molar-refractivity contribution >= 4 is 0 Å². The van der Waals surface area contributed by atoms with Gasteiger partial charge in [-0.2, -0.15) is 0 Å². The van der Waals surface area contributed by atoms with Crippen molar-refractivity contribution in [2.24, 2.45) is 5.41 Å². The molecule has 5 heteroatoms. The molecule has 0 atom stereocenters. The number of piperidine rings is 1. The predicted molar refractivity (Wildman–Crippen MR) is 85.1 cm³/mol. The van der Waals surface area contributed by atoms with Crippen LogP contribution in [0.2, 0.25) is 0 Å². The van der Waals surface area contributed by atoms with E-state index in [-0.39, 0.29) is 0 Å². The number of hydrogen-bond acceptors (Lipinski definition) is 5. The van der Waals surface area contributed by atoms with Crippen LogP contribution in [-0.4, -0.2) is 52.5 Å². The molecule has 0 radical (unpaired) electrons. The van der Waals surface area contributed by atoms with Crippen LogP contribution in [0.3, 0.4) is 0 Å². The van der Waals surface area contributed by atoms with Gasteiger partial charge in [0.1, 0.15) is 0 Å². The molecule has 0 aromatic heterocycles. The van der Waals surface area contributed by atoms with Gasteiger partial charge in [-0.3, -0.25) is 0 Å². The Morgan fingerprint density at radius 3 is 1.67 bits per heavy atom. The fourth-order valence-electron chi connectivity index (χ4n) is 2.61. The quantitative estimate of drug-likeness (QED) is 0.460. The van der Waals surface area contributed by atoms with Crippen LogP contribution in [0.4, 0.5) is 0 Å². The third-order valence-electron chi connectivity index (χ3n) is 4.09. The van der Waals surface area contributed by atoms with E-state index >= 15 is 0 Å². The summed E-state index contributed by atoms with van der Waals surface area (Å²) in [5.74, 6) is 0. The lowest BCUT2D eigenvalue weighted by atomic mass is 9.81. The zero-order valence-corrected chi connectivity index (χ0v) is 12.9. The average molecular weight is 295 g/mol. The first-order valence-corrected chi connectivity index (χ1v) is 8.08. The van der Waals surface area contributed by atoms with Gasteiger partial charge in [-0.15, -0.1) is 0 Å². The van der Waals surface area contributed by atoms with Gasteiger partial charge in [0.05, 0.1) is 13.2 Å². The fraction of sp³-hybridized carbons (Fsp3) is 0.750. The molecule has 0 saturated carbocycles. The maximum absolute atomic E-state index is 4.91. The second-order valence-electron chi connectivity index (χ2n) is 5.87. The zero-order chi connectivity index (χ0) is 14.6. The van der Waals surface area contributed by atoms with E-state index in [2.05, 4.69) is 40.3 Å². The third-order valence-corrected chi connectivity index (χ3v) is 4.09. The Hall–Kier alpha value is -0.720. The van der Waals surface area contributed by atoms with Crippen LogP contribution in [-0.2, 0) is 9.78 Å². The number of nitrogens with one attached hydrogen (secondary N) is 3. The van der Waals surface area contributed by atoms with Crippen LogP contribution in [0.5, 0.6) is 0 Å². The van der Waals surface area contributed by atoms with Gasteiger partial charge >= 0.3 is 0 Å². The minimum absolute atomic E-state index is 0.366. The zero-order valence-electron chi connectivity index (χ0n) is 12.9. The summed E-state index contributed by atoms with van der Waals surface area (Å²) < 4.78 is 0. The molecule has 4 rings (SSSR count). The Labute approximate surface area is 128 Å². The summed E-state index contributed by atoms with van der Waals surface area (Å²) in [6, 6.07) is 0. The molecule has 21 heavy (non-hydrogen) atoms. The first-order valence-electron chi connectivity index (χ1n) is 8.08. The standard InChI is InChI=1S/C7H13NO2.C5H9N.C4H7N/c1-3-8-4-2-7(1)5-9-10-6-7;1-2-4-6-5-3-1;1-2-4-5-3-1/h8H,1-6H2;1-2,6H,3-5H2;1-2,5H,3-4H2. The maximum atomic E-state index is 4.91. The van der Waals surface area contributed by atoms with Crippen molar-refractivity contribution in [1.29, 1.82) is 0 Å². The predicted octanol–water partition coefficient (Wildman–Crippen LogP) is 1.000. The van der Waals surface area contributed by atoms with Gasteiger partial charge in [-0.05, 0) is 38.9 Å². The van der Waals surface area contributed by atoms with E-state index in [0.717, 1.165) is 52.5 Å². The van der Waals surface area contributed by atoms with Gasteiger partial charge in [0.2, 0.25) is 0 Å². The summed E-state index contributed by atoms with van der Waals surface area (Å²) in [5, 5.41) is 9.63. The van der Waals surface area contributed by atoms with Crippen LogP contribution in [0, 0.1) is 5.41 Å². The molecule has 4 aliphatic heterocycles. The fourth-order valence-corrected chi connectivity index (χ4v) is 2.61. The highest BCUT2D eigenvalue weighted by atomic mass is 17.2. The molecule has 1 spiro atoms. The maximum Gasteiger partial charge on any atom is 0.0902 e. The summed E-state index contributed by atoms with van der Waals surface area (Å²) in [6.07, 6.45) is 12.2. The van der Waals surface area contributed by atoms with E-state index in [1.54, 1.807) is 0 Å². The highest BCUT2D eigenvalue weighted by Crippen LogP contribution is 2.33. The lowest BCUT2D eigenvalue weighted by Gasteiger charge is -2.29. The van der Waals surface area contributed by atoms with Crippen LogP contribution >= 0.6 is 0 Å². The van der Waals surface area contributed by atoms with Crippen molar-refractivity contribution in [1.82, 2.24) is 16.0 Å². The van der Waals surface area contributed by atoms with Gasteiger partial charge in [0, 0.05) is 25.0 Å². The molecule has 0 aromatic rings. The minimum Gasteiger partial charge on any atom is -0.317 e. The van der Waals surface area contributed by atoms with Crippen LogP contribution in [0.25, 0.3) is 0 Å². The Bertz CT molecular complexity index is 303. The molecular formula is C16H29N3O2. The smallest absolute Gasteiger partial charge is 0.0902 e. The summed E-state index contributed by atoms with van der Waals surface area (Å²) >= 11 is 0. The van der Waals surface area contributed by atoms with Crippen molar-refractivity contribution in [3.63, 3.8) is 0 Å². The van der Waals surface area contributed by atoms with Crippen molar-refractivity contribution in [2.75, 3.05) is 52.5 Å². The molecule has 2 saturated heterocycles. The van der Waals surface area contributed by atoms with Gasteiger partial charge < -0.3 is 16.0 Å². The third kappa shape index (κ3) is 6.72. The van der Waals surface area contributed by atoms with Crippen molar-refractivity contribution in [3.8, 4) is 0 Å². The summed E-state index contributed by atoms with van der Waals surface area (Å²) in [6.45, 7) is 8.21. The van der Waals surface area contributed by atoms with Gasteiger partial charge in [-0.1, -0.05) is 24.3 Å². The average Bonchev–Trinajstić information content (AvgIpc) is 3.26. The molecular weight excluding hydrogens is 266 g/mol. The van der Waals surface area contributed by atoms with Crippen LogP contribution < -0.4 is 16.0 Å². The van der Waals surface area contributed by atoms with E-state index in [1.165, 1.54) is 19.3 Å². The highest BCUT2D eigenvalue weighted by molar-refractivity contribution is 4.92. The monoisotopic (exact) mass is 295 g/mol. The largest absolute Gasteiger partial charge is 0.317 e. The number of hydrogen-bond donors (Lipinski definition) is 3. The molecule has 2 fully saturated rings. The molecule has 0 amide bonds. The molecule has 0 unspecified atom stereocenters. The van der Waals surface area contributed by atoms with E-state index in [0.29, 0.717) is 5.41 Å². The first kappa shape index (κ1) is 16.6. The molecule has 5 nitrogen and oxygen atoms in total. The molecule has 120 valence electrons. The van der Waals surface area contributed by atoms with Crippen molar-refractivity contribution in [3.05, 3.63) is 24.3 Å². The second-order valence-corrected chi connectivity index (χ2v) is 5.87. The molecule has 0 bridgehead atoms. The summed E-state index contributed by atoms with van der Waals surface area (Å²) in [7, 11) is 0. The molecule has 0 aliphatic carbocycles. The van der Waals surface area contributed by atoms with Gasteiger partial charge in [-0.25, -0.2) is 9.78 Å². The van der Waals surface area contributed by atoms with Crippen molar-refractivity contribution < 1.29 is 9.78 Å². The van der Waals surface area contributed by atoms with E-state index < -0.39 is 0 Å². The highest BCUT2D eigenvalue weighted by Gasteiger charge is 2.37. The second kappa shape index (κ2) is 10.1. The van der Waals surface area contributed by atoms with E-state index in [9.17, 15) is 0 Å². The molecule has 4 aliphatic rings. The molecule has 4 heterocycles. The van der Waals surface area contributed by atoms with Gasteiger partial charge in [0.25, 0.3) is 0 Å². The minimum atomic E-state index is 0.366. The lowest BCUT2D eigenvalue weighted by molar-refractivity contribution is -0.248. The van der Waals surface area contributed by atoms with E-state index in [4.69, 9.17) is 9.78 Å². The van der Waals surface area contributed by atoms with Crippen LogP contribution in [0.1, 0.15) is 19.3 Å². The Balaban J connectivity index is 0.000000126. The first-order chi connectivity index (χ1) is 10.4. The molecule has 0 aromatic carbocycles. The van der Waals surface area contributed by atoms with Gasteiger partial charge in [0.15, 0.2) is 0 Å².